The average molecular weight is 337 g/mol. The van der Waals surface area contributed by atoms with E-state index in [1.54, 1.807) is 11.8 Å². The second-order valence-electron chi connectivity index (χ2n) is 5.86. The van der Waals surface area contributed by atoms with E-state index in [1.807, 2.05) is 29.4 Å². The summed E-state index contributed by atoms with van der Waals surface area (Å²) in [4.78, 5) is 4.78. The summed E-state index contributed by atoms with van der Waals surface area (Å²) >= 11 is 1.70. The molecule has 0 spiro atoms. The summed E-state index contributed by atoms with van der Waals surface area (Å²) < 4.78 is 5.83. The molecule has 0 saturated carbocycles. The summed E-state index contributed by atoms with van der Waals surface area (Å²) in [5.74, 6) is 1.76. The van der Waals surface area contributed by atoms with Gasteiger partial charge in [0.2, 0.25) is 0 Å². The highest BCUT2D eigenvalue weighted by atomic mass is 32.2. The lowest BCUT2D eigenvalue weighted by Gasteiger charge is -2.29. The topological polar surface area (TPSA) is 37.2 Å². The summed E-state index contributed by atoms with van der Waals surface area (Å²) in [6.07, 6.45) is 2.92. The molecule has 0 saturated heterocycles. The van der Waals surface area contributed by atoms with Crippen molar-refractivity contribution in [1.29, 1.82) is 0 Å². The molecule has 0 aliphatic carbocycles. The van der Waals surface area contributed by atoms with Gasteiger partial charge < -0.3 is 4.74 Å². The Bertz CT molecular complexity index is 803. The van der Waals surface area contributed by atoms with E-state index < -0.39 is 0 Å². The van der Waals surface area contributed by atoms with Crippen molar-refractivity contribution >= 4 is 28.8 Å². The van der Waals surface area contributed by atoms with Crippen LogP contribution in [0.2, 0.25) is 0 Å². The Morgan fingerprint density at radius 1 is 1.21 bits per heavy atom. The molecule has 0 N–H and O–H groups in total. The Balaban J connectivity index is 1.41. The van der Waals surface area contributed by atoms with Crippen molar-refractivity contribution in [2.75, 3.05) is 12.4 Å². The molecule has 1 atom stereocenters. The summed E-state index contributed by atoms with van der Waals surface area (Å²) in [6, 6.07) is 16.8. The minimum atomic E-state index is 0.291. The van der Waals surface area contributed by atoms with Crippen LogP contribution in [-0.4, -0.2) is 28.8 Å². The van der Waals surface area contributed by atoms with Gasteiger partial charge in [-0.1, -0.05) is 42.1 Å². The van der Waals surface area contributed by atoms with Gasteiger partial charge in [-0.15, -0.1) is 0 Å². The number of hydrogen-bond donors (Lipinski definition) is 0. The third-order valence-electron chi connectivity index (χ3n) is 4.11. The van der Waals surface area contributed by atoms with Crippen molar-refractivity contribution in [2.24, 2.45) is 10.1 Å². The lowest BCUT2D eigenvalue weighted by molar-refractivity contribution is 0.343. The standard InChI is InChI=1S/C19H19N3OS/c1-14-5-4-6-15(13-14)23-11-12-24-19-21-17-8-3-2-7-16(17)18-9-10-20-22(18)19/h2-8,10,13,18H,9,11-12H2,1H3. The van der Waals surface area contributed by atoms with E-state index in [-0.39, 0.29) is 0 Å². The van der Waals surface area contributed by atoms with Crippen molar-refractivity contribution < 1.29 is 4.74 Å². The van der Waals surface area contributed by atoms with Crippen LogP contribution in [0.4, 0.5) is 5.69 Å². The van der Waals surface area contributed by atoms with E-state index in [9.17, 15) is 0 Å². The molecule has 4 nitrogen and oxygen atoms in total. The number of hydrogen-bond acceptors (Lipinski definition) is 5. The number of fused-ring (bicyclic) bond motifs is 3. The molecule has 0 amide bonds. The minimum absolute atomic E-state index is 0.291. The summed E-state index contributed by atoms with van der Waals surface area (Å²) in [5.41, 5.74) is 3.53. The van der Waals surface area contributed by atoms with Gasteiger partial charge in [0.25, 0.3) is 0 Å². The fraction of sp³-hybridized carbons (Fsp3) is 0.263. The molecule has 2 aliphatic rings. The fourth-order valence-corrected chi connectivity index (χ4v) is 3.80. The zero-order valence-electron chi connectivity index (χ0n) is 13.6. The fourth-order valence-electron chi connectivity index (χ4n) is 2.98. The van der Waals surface area contributed by atoms with Crippen molar-refractivity contribution in [3.8, 4) is 5.75 Å². The van der Waals surface area contributed by atoms with Gasteiger partial charge in [0.05, 0.1) is 18.3 Å². The summed E-state index contributed by atoms with van der Waals surface area (Å²) in [5, 5.41) is 7.50. The van der Waals surface area contributed by atoms with Crippen molar-refractivity contribution in [3.05, 3.63) is 59.7 Å². The summed E-state index contributed by atoms with van der Waals surface area (Å²) in [6.45, 7) is 2.72. The summed E-state index contributed by atoms with van der Waals surface area (Å²) in [7, 11) is 0. The molecule has 0 radical (unpaired) electrons. The Hall–Kier alpha value is -2.27. The number of benzene rings is 2. The second kappa shape index (κ2) is 6.69. The minimum Gasteiger partial charge on any atom is -0.493 e. The van der Waals surface area contributed by atoms with Gasteiger partial charge in [0.15, 0.2) is 5.17 Å². The van der Waals surface area contributed by atoms with Crippen molar-refractivity contribution in [1.82, 2.24) is 5.01 Å². The van der Waals surface area contributed by atoms with Crippen molar-refractivity contribution in [3.63, 3.8) is 0 Å². The van der Waals surface area contributed by atoms with E-state index >= 15 is 0 Å². The highest BCUT2D eigenvalue weighted by molar-refractivity contribution is 8.13. The number of hydrazone groups is 1. The molecule has 0 fully saturated rings. The molecule has 2 aromatic carbocycles. The third kappa shape index (κ3) is 3.04. The largest absolute Gasteiger partial charge is 0.493 e. The molecular weight excluding hydrogens is 318 g/mol. The smallest absolute Gasteiger partial charge is 0.185 e. The Labute approximate surface area is 146 Å². The molecule has 5 heteroatoms. The number of aryl methyl sites for hydroxylation is 1. The van der Waals surface area contributed by atoms with Gasteiger partial charge in [-0.05, 0) is 30.7 Å². The number of para-hydroxylation sites is 1. The average Bonchev–Trinajstić information content (AvgIpc) is 3.09. The first kappa shape index (κ1) is 15.3. The second-order valence-corrected chi connectivity index (χ2v) is 6.92. The maximum Gasteiger partial charge on any atom is 0.185 e. The van der Waals surface area contributed by atoms with Crippen LogP contribution in [-0.2, 0) is 0 Å². The normalized spacial score (nSPS) is 18.1. The zero-order chi connectivity index (χ0) is 16.4. The number of thioether (sulfide) groups is 1. The van der Waals surface area contributed by atoms with Crippen LogP contribution in [0.5, 0.6) is 5.75 Å². The molecule has 122 valence electrons. The predicted molar refractivity (Wildman–Crippen MR) is 100 cm³/mol. The molecule has 0 bridgehead atoms. The Kier molecular flexibility index (Phi) is 4.26. The van der Waals surface area contributed by atoms with E-state index in [0.717, 1.165) is 28.8 Å². The zero-order valence-corrected chi connectivity index (χ0v) is 14.4. The number of ether oxygens (including phenoxy) is 1. The van der Waals surface area contributed by atoms with E-state index in [2.05, 4.69) is 42.4 Å². The molecule has 0 aromatic heterocycles. The van der Waals surface area contributed by atoms with Gasteiger partial charge in [0.1, 0.15) is 5.75 Å². The van der Waals surface area contributed by atoms with Gasteiger partial charge in [-0.2, -0.15) is 5.10 Å². The maximum absolute atomic E-state index is 5.83. The van der Waals surface area contributed by atoms with E-state index in [4.69, 9.17) is 9.73 Å². The van der Waals surface area contributed by atoms with Gasteiger partial charge in [0, 0.05) is 24.0 Å². The van der Waals surface area contributed by atoms with E-state index in [1.165, 1.54) is 11.1 Å². The Morgan fingerprint density at radius 2 is 2.12 bits per heavy atom. The molecule has 1 unspecified atom stereocenters. The number of nitrogens with zero attached hydrogens (tertiary/aromatic N) is 3. The predicted octanol–water partition coefficient (Wildman–Crippen LogP) is 4.54. The molecule has 2 aromatic rings. The van der Waals surface area contributed by atoms with Crippen LogP contribution in [0.3, 0.4) is 0 Å². The lowest BCUT2D eigenvalue weighted by atomic mass is 10.0. The molecule has 4 rings (SSSR count). The van der Waals surface area contributed by atoms with Crippen molar-refractivity contribution in [2.45, 2.75) is 19.4 Å². The monoisotopic (exact) mass is 337 g/mol. The molecule has 2 heterocycles. The van der Waals surface area contributed by atoms with Gasteiger partial charge in [-0.3, -0.25) is 0 Å². The van der Waals surface area contributed by atoms with Crippen LogP contribution in [0.1, 0.15) is 23.6 Å². The third-order valence-corrected chi connectivity index (χ3v) is 5.02. The first-order valence-electron chi connectivity index (χ1n) is 8.13. The van der Waals surface area contributed by atoms with Gasteiger partial charge >= 0.3 is 0 Å². The highest BCUT2D eigenvalue weighted by Crippen LogP contribution is 2.40. The van der Waals surface area contributed by atoms with Gasteiger partial charge in [-0.25, -0.2) is 10.0 Å². The Morgan fingerprint density at radius 3 is 3.04 bits per heavy atom. The molecular formula is C19H19N3OS. The van der Waals surface area contributed by atoms with Crippen LogP contribution in [0.15, 0.2) is 58.6 Å². The molecule has 24 heavy (non-hydrogen) atoms. The van der Waals surface area contributed by atoms with Crippen LogP contribution < -0.4 is 4.74 Å². The number of rotatable bonds is 4. The first-order valence-corrected chi connectivity index (χ1v) is 9.11. The van der Waals surface area contributed by atoms with E-state index in [0.29, 0.717) is 12.6 Å². The SMILES string of the molecule is Cc1cccc(OCCSC2=Nc3ccccc3C3CC=NN23)c1. The molecule has 2 aliphatic heterocycles. The highest BCUT2D eigenvalue weighted by Gasteiger charge is 2.32. The number of aliphatic imine (C=N–C) groups is 1. The van der Waals surface area contributed by atoms with Crippen LogP contribution in [0, 0.1) is 6.92 Å². The van der Waals surface area contributed by atoms with Crippen LogP contribution >= 0.6 is 11.8 Å². The maximum atomic E-state index is 5.83. The van der Waals surface area contributed by atoms with Crippen LogP contribution in [0.25, 0.3) is 0 Å². The first-order chi connectivity index (χ1) is 11.8. The quantitative estimate of drug-likeness (QED) is 0.769. The lowest BCUT2D eigenvalue weighted by Crippen LogP contribution is -2.28. The number of amidine groups is 1.